The van der Waals surface area contributed by atoms with Crippen molar-refractivity contribution < 1.29 is 14.3 Å². The van der Waals surface area contributed by atoms with Gasteiger partial charge in [0.2, 0.25) is 11.1 Å². The van der Waals surface area contributed by atoms with Crippen LogP contribution in [0.3, 0.4) is 0 Å². The molecule has 0 spiro atoms. The van der Waals surface area contributed by atoms with E-state index in [0.717, 1.165) is 29.8 Å². The van der Waals surface area contributed by atoms with Gasteiger partial charge in [-0.2, -0.15) is 0 Å². The Bertz CT molecular complexity index is 1030. The summed E-state index contributed by atoms with van der Waals surface area (Å²) >= 11 is 7.17. The number of H-pyrrole nitrogens is 1. The number of anilines is 1. The first-order valence-electron chi connectivity index (χ1n) is 9.52. The predicted molar refractivity (Wildman–Crippen MR) is 117 cm³/mol. The van der Waals surface area contributed by atoms with Gasteiger partial charge in [0.15, 0.2) is 5.82 Å². The summed E-state index contributed by atoms with van der Waals surface area (Å²) in [5, 5.41) is 8.18. The average molecular weight is 445 g/mol. The van der Waals surface area contributed by atoms with E-state index in [1.54, 1.807) is 31.4 Å². The smallest absolute Gasteiger partial charge is 0.237 e. The molecule has 0 aliphatic carbocycles. The number of benzene rings is 2. The van der Waals surface area contributed by atoms with E-state index in [-0.39, 0.29) is 18.3 Å². The zero-order chi connectivity index (χ0) is 20.9. The Morgan fingerprint density at radius 1 is 1.23 bits per heavy atom. The second-order valence-corrected chi connectivity index (χ2v) is 8.12. The summed E-state index contributed by atoms with van der Waals surface area (Å²) in [5.41, 5.74) is 2.10. The molecular weight excluding hydrogens is 424 g/mol. The number of carbonyl (C=O) groups excluding carboxylic acids is 1. The van der Waals surface area contributed by atoms with Gasteiger partial charge in [-0.3, -0.25) is 9.89 Å². The van der Waals surface area contributed by atoms with Gasteiger partial charge in [0.05, 0.1) is 12.9 Å². The number of nitrogens with one attached hydrogen (secondary N) is 1. The zero-order valence-electron chi connectivity index (χ0n) is 16.4. The summed E-state index contributed by atoms with van der Waals surface area (Å²) in [6, 6.07) is 13.0. The molecule has 0 saturated heterocycles. The van der Waals surface area contributed by atoms with E-state index in [4.69, 9.17) is 21.1 Å². The van der Waals surface area contributed by atoms with E-state index in [1.807, 2.05) is 23.1 Å². The fraction of sp³-hybridized carbons (Fsp3) is 0.286. The van der Waals surface area contributed by atoms with E-state index in [0.29, 0.717) is 28.3 Å². The molecule has 1 aliphatic heterocycles. The number of amides is 1. The number of fused-ring (bicyclic) bond motifs is 1. The van der Waals surface area contributed by atoms with Crippen LogP contribution in [0, 0.1) is 0 Å². The van der Waals surface area contributed by atoms with E-state index in [2.05, 4.69) is 15.2 Å². The number of hydrogen-bond acceptors (Lipinski definition) is 6. The maximum atomic E-state index is 12.8. The van der Waals surface area contributed by atoms with E-state index in [1.165, 1.54) is 11.8 Å². The van der Waals surface area contributed by atoms with Crippen molar-refractivity contribution in [2.75, 3.05) is 24.3 Å². The van der Waals surface area contributed by atoms with Crippen LogP contribution >= 0.6 is 23.4 Å². The van der Waals surface area contributed by atoms with Gasteiger partial charge in [0.25, 0.3) is 0 Å². The number of halogens is 1. The maximum absolute atomic E-state index is 12.8. The van der Waals surface area contributed by atoms with Gasteiger partial charge in [0, 0.05) is 17.3 Å². The Balaban J connectivity index is 1.32. The molecule has 2 heterocycles. The number of carbonyl (C=O) groups is 1. The molecule has 0 atom stereocenters. The summed E-state index contributed by atoms with van der Waals surface area (Å²) in [4.78, 5) is 19.0. The highest BCUT2D eigenvalue weighted by molar-refractivity contribution is 7.99. The van der Waals surface area contributed by atoms with Gasteiger partial charge in [-0.15, -0.1) is 5.10 Å². The molecule has 1 aromatic heterocycles. The number of aromatic nitrogens is 3. The third-order valence-corrected chi connectivity index (χ3v) is 5.82. The van der Waals surface area contributed by atoms with Crippen LogP contribution in [0.2, 0.25) is 5.02 Å². The summed E-state index contributed by atoms with van der Waals surface area (Å²) in [7, 11) is 1.65. The molecule has 7 nitrogen and oxygen atoms in total. The monoisotopic (exact) mass is 444 g/mol. The van der Waals surface area contributed by atoms with Crippen LogP contribution in [0.5, 0.6) is 11.5 Å². The van der Waals surface area contributed by atoms with Crippen LogP contribution in [0.15, 0.2) is 47.6 Å². The molecule has 0 radical (unpaired) electrons. The first-order chi connectivity index (χ1) is 14.6. The molecule has 9 heteroatoms. The summed E-state index contributed by atoms with van der Waals surface area (Å²) in [6.45, 7) is 0.970. The number of aromatic amines is 1. The number of aryl methyl sites for hydroxylation is 1. The highest BCUT2D eigenvalue weighted by Crippen LogP contribution is 2.31. The van der Waals surface area contributed by atoms with Gasteiger partial charge in [-0.1, -0.05) is 23.4 Å². The Kier molecular flexibility index (Phi) is 6.44. The molecule has 1 N–H and O–H groups in total. The van der Waals surface area contributed by atoms with Crippen molar-refractivity contribution >= 4 is 35.0 Å². The summed E-state index contributed by atoms with van der Waals surface area (Å²) in [5.74, 6) is 2.40. The van der Waals surface area contributed by atoms with Gasteiger partial charge in [-0.25, -0.2) is 4.98 Å². The van der Waals surface area contributed by atoms with Crippen molar-refractivity contribution in [2.24, 2.45) is 0 Å². The van der Waals surface area contributed by atoms with E-state index >= 15 is 0 Å². The summed E-state index contributed by atoms with van der Waals surface area (Å²) < 4.78 is 10.9. The van der Waals surface area contributed by atoms with E-state index in [9.17, 15) is 4.79 Å². The average Bonchev–Trinajstić information content (AvgIpc) is 3.24. The lowest BCUT2D eigenvalue weighted by atomic mass is 10.0. The quantitative estimate of drug-likeness (QED) is 0.552. The second kappa shape index (κ2) is 9.40. The molecule has 30 heavy (non-hydrogen) atoms. The Morgan fingerprint density at radius 3 is 2.83 bits per heavy atom. The second-order valence-electron chi connectivity index (χ2n) is 6.74. The Morgan fingerprint density at radius 2 is 2.03 bits per heavy atom. The molecule has 156 valence electrons. The number of methoxy groups -OCH3 is 1. The van der Waals surface area contributed by atoms with Crippen molar-refractivity contribution in [2.45, 2.75) is 24.6 Å². The Labute approximate surface area is 183 Å². The van der Waals surface area contributed by atoms with Crippen molar-refractivity contribution in [3.63, 3.8) is 0 Å². The predicted octanol–water partition coefficient (Wildman–Crippen LogP) is 4.12. The van der Waals surface area contributed by atoms with Crippen molar-refractivity contribution in [1.29, 1.82) is 0 Å². The SMILES string of the molecule is COc1ccc2c(c1)CCCN2C(=O)CSc1n[nH]c(COc2ccc(Cl)cc2)n1. The lowest BCUT2D eigenvalue weighted by Gasteiger charge is -2.29. The number of ether oxygens (including phenoxy) is 2. The molecule has 0 unspecified atom stereocenters. The first kappa shape index (κ1) is 20.6. The van der Waals surface area contributed by atoms with Crippen molar-refractivity contribution in [3.8, 4) is 11.5 Å². The number of hydrogen-bond donors (Lipinski definition) is 1. The van der Waals surface area contributed by atoms with Crippen molar-refractivity contribution in [3.05, 3.63) is 58.9 Å². The number of rotatable bonds is 7. The van der Waals surface area contributed by atoms with Gasteiger partial charge < -0.3 is 14.4 Å². The highest BCUT2D eigenvalue weighted by atomic mass is 35.5. The van der Waals surface area contributed by atoms with Gasteiger partial charge in [0.1, 0.15) is 18.1 Å². The van der Waals surface area contributed by atoms with Crippen LogP contribution in [-0.2, 0) is 17.8 Å². The minimum atomic E-state index is 0.0369. The minimum absolute atomic E-state index is 0.0369. The molecule has 3 aromatic rings. The molecule has 1 amide bonds. The maximum Gasteiger partial charge on any atom is 0.237 e. The highest BCUT2D eigenvalue weighted by Gasteiger charge is 2.23. The number of nitrogens with zero attached hydrogens (tertiary/aromatic N) is 3. The third kappa shape index (κ3) is 4.88. The number of thioether (sulfide) groups is 1. The van der Waals surface area contributed by atoms with Crippen LogP contribution in [0.25, 0.3) is 0 Å². The molecule has 0 fully saturated rings. The minimum Gasteiger partial charge on any atom is -0.497 e. The first-order valence-corrected chi connectivity index (χ1v) is 10.9. The van der Waals surface area contributed by atoms with Crippen LogP contribution in [0.1, 0.15) is 17.8 Å². The lowest BCUT2D eigenvalue weighted by molar-refractivity contribution is -0.116. The fourth-order valence-electron chi connectivity index (χ4n) is 3.25. The molecule has 0 bridgehead atoms. The van der Waals surface area contributed by atoms with Crippen LogP contribution < -0.4 is 14.4 Å². The normalized spacial score (nSPS) is 13.1. The molecular formula is C21H21ClN4O3S. The topological polar surface area (TPSA) is 80.3 Å². The van der Waals surface area contributed by atoms with Crippen LogP contribution in [0.4, 0.5) is 5.69 Å². The molecule has 4 rings (SSSR count). The van der Waals surface area contributed by atoms with Gasteiger partial charge >= 0.3 is 0 Å². The van der Waals surface area contributed by atoms with E-state index < -0.39 is 0 Å². The Hall–Kier alpha value is -2.71. The van der Waals surface area contributed by atoms with Crippen LogP contribution in [-0.4, -0.2) is 40.5 Å². The lowest BCUT2D eigenvalue weighted by Crippen LogP contribution is -2.36. The zero-order valence-corrected chi connectivity index (χ0v) is 18.0. The third-order valence-electron chi connectivity index (χ3n) is 4.73. The molecule has 2 aromatic carbocycles. The van der Waals surface area contributed by atoms with Gasteiger partial charge in [-0.05, 0) is 60.9 Å². The van der Waals surface area contributed by atoms with Crippen molar-refractivity contribution in [1.82, 2.24) is 15.2 Å². The molecule has 1 aliphatic rings. The fourth-order valence-corrected chi connectivity index (χ4v) is 4.07. The molecule has 0 saturated carbocycles. The largest absolute Gasteiger partial charge is 0.497 e. The summed E-state index contributed by atoms with van der Waals surface area (Å²) in [6.07, 6.45) is 1.88. The standard InChI is InChI=1S/C21H21ClN4O3S/c1-28-17-8-9-18-14(11-17)3-2-10-26(18)20(27)13-30-21-23-19(24-25-21)12-29-16-6-4-15(22)5-7-16/h4-9,11H,2-3,10,12-13H2,1H3,(H,23,24,25).